The fraction of sp³-hybridized carbons (Fsp3) is 0.286. The highest BCUT2D eigenvalue weighted by Crippen LogP contribution is 2.42. The van der Waals surface area contributed by atoms with Crippen LogP contribution >= 0.6 is 34.4 Å². The molecule has 1 aromatic carbocycles. The van der Waals surface area contributed by atoms with Crippen molar-refractivity contribution in [2.24, 2.45) is 0 Å². The molecule has 1 atom stereocenters. The third-order valence-electron chi connectivity index (χ3n) is 4.61. The monoisotopic (exact) mass is 455 g/mol. The normalized spacial score (nSPS) is 12.2. The van der Waals surface area contributed by atoms with Crippen LogP contribution in [0.4, 0.5) is 5.13 Å². The van der Waals surface area contributed by atoms with E-state index in [9.17, 15) is 4.79 Å². The summed E-state index contributed by atoms with van der Waals surface area (Å²) in [6.45, 7) is 6.13. The van der Waals surface area contributed by atoms with Crippen molar-refractivity contribution in [2.75, 3.05) is 5.32 Å². The van der Waals surface area contributed by atoms with E-state index in [1.807, 2.05) is 32.0 Å². The molecule has 0 spiro atoms. The minimum absolute atomic E-state index is 0.0822. The Bertz CT molecular complexity index is 1170. The molecule has 0 saturated heterocycles. The first-order chi connectivity index (χ1) is 14.6. The molecule has 0 aliphatic rings. The van der Waals surface area contributed by atoms with Gasteiger partial charge >= 0.3 is 0 Å². The zero-order valence-corrected chi connectivity index (χ0v) is 19.3. The van der Waals surface area contributed by atoms with Crippen LogP contribution in [-0.4, -0.2) is 31.3 Å². The van der Waals surface area contributed by atoms with E-state index in [2.05, 4.69) is 44.5 Å². The molecule has 0 radical (unpaired) electrons. The Labute approximate surface area is 187 Å². The molecule has 6 nitrogen and oxygen atoms in total. The average molecular weight is 456 g/mol. The molecule has 0 bridgehead atoms. The molecule has 1 amide bonds. The second-order valence-electron chi connectivity index (χ2n) is 6.62. The second kappa shape index (κ2) is 9.20. The number of benzene rings is 1. The largest absolute Gasteiger partial charge is 0.300 e. The van der Waals surface area contributed by atoms with E-state index in [4.69, 9.17) is 0 Å². The highest BCUT2D eigenvalue weighted by molar-refractivity contribution is 8.00. The fourth-order valence-electron chi connectivity index (χ4n) is 3.15. The number of amides is 1. The number of thioether (sulfide) groups is 1. The number of aromatic nitrogens is 4. The summed E-state index contributed by atoms with van der Waals surface area (Å²) < 4.78 is 0. The van der Waals surface area contributed by atoms with Crippen molar-refractivity contribution in [1.29, 1.82) is 0 Å². The van der Waals surface area contributed by atoms with Crippen LogP contribution in [0, 0.1) is 6.92 Å². The van der Waals surface area contributed by atoms with Gasteiger partial charge in [0.05, 0.1) is 10.6 Å². The summed E-state index contributed by atoms with van der Waals surface area (Å²) in [6, 6.07) is 10.3. The molecule has 0 aliphatic carbocycles. The minimum atomic E-state index is -0.291. The van der Waals surface area contributed by atoms with E-state index in [0.29, 0.717) is 11.6 Å². The fourth-order valence-corrected chi connectivity index (χ4v) is 5.94. The van der Waals surface area contributed by atoms with Crippen LogP contribution in [0.15, 0.2) is 41.7 Å². The first-order valence-electron chi connectivity index (χ1n) is 9.70. The van der Waals surface area contributed by atoms with Crippen LogP contribution in [-0.2, 0) is 11.2 Å². The van der Waals surface area contributed by atoms with Crippen molar-refractivity contribution in [3.8, 4) is 11.1 Å². The molecule has 0 fully saturated rings. The molecule has 1 unspecified atom stereocenters. The lowest BCUT2D eigenvalue weighted by Crippen LogP contribution is -2.24. The van der Waals surface area contributed by atoms with E-state index < -0.39 is 0 Å². The number of fused-ring (bicyclic) bond motifs is 1. The van der Waals surface area contributed by atoms with Gasteiger partial charge in [-0.25, -0.2) is 9.97 Å². The Hall–Kier alpha value is -2.36. The van der Waals surface area contributed by atoms with Gasteiger partial charge < -0.3 is 0 Å². The maximum atomic E-state index is 12.9. The summed E-state index contributed by atoms with van der Waals surface area (Å²) in [5, 5.41) is 14.1. The summed E-state index contributed by atoms with van der Waals surface area (Å²) in [5.41, 5.74) is 2.28. The number of carbonyl (C=O) groups is 1. The third kappa shape index (κ3) is 4.23. The smallest absolute Gasteiger partial charge is 0.239 e. The lowest BCUT2D eigenvalue weighted by Gasteiger charge is -2.14. The van der Waals surface area contributed by atoms with Crippen molar-refractivity contribution < 1.29 is 4.79 Å². The van der Waals surface area contributed by atoms with Crippen LogP contribution in [0.3, 0.4) is 0 Å². The minimum Gasteiger partial charge on any atom is -0.300 e. The molecular formula is C21H21N5OS3. The van der Waals surface area contributed by atoms with Gasteiger partial charge in [0.1, 0.15) is 21.2 Å². The summed E-state index contributed by atoms with van der Waals surface area (Å²) >= 11 is 4.55. The zero-order chi connectivity index (χ0) is 21.1. The third-order valence-corrected chi connectivity index (χ3v) is 7.97. The maximum absolute atomic E-state index is 12.9. The molecule has 3 heterocycles. The lowest BCUT2D eigenvalue weighted by atomic mass is 10.0. The number of thiophene rings is 1. The predicted octanol–water partition coefficient (Wildman–Crippen LogP) is 5.59. The van der Waals surface area contributed by atoms with Crippen LogP contribution in [0.5, 0.6) is 0 Å². The van der Waals surface area contributed by atoms with Gasteiger partial charge in [0, 0.05) is 10.4 Å². The molecule has 30 heavy (non-hydrogen) atoms. The number of aryl methyl sites for hydroxylation is 2. The van der Waals surface area contributed by atoms with Gasteiger partial charge in [-0.2, -0.15) is 0 Å². The van der Waals surface area contributed by atoms with E-state index >= 15 is 0 Å². The Balaban J connectivity index is 1.66. The molecule has 0 saturated carbocycles. The average Bonchev–Trinajstić information content (AvgIpc) is 3.35. The van der Waals surface area contributed by atoms with Crippen molar-refractivity contribution in [3.63, 3.8) is 0 Å². The molecule has 0 aliphatic heterocycles. The molecule has 4 aromatic rings. The maximum Gasteiger partial charge on any atom is 0.239 e. The van der Waals surface area contributed by atoms with Crippen molar-refractivity contribution in [1.82, 2.24) is 20.2 Å². The summed E-state index contributed by atoms with van der Waals surface area (Å²) in [5.74, 6) is -0.0822. The van der Waals surface area contributed by atoms with Crippen molar-refractivity contribution >= 4 is 55.7 Å². The highest BCUT2D eigenvalue weighted by atomic mass is 32.2. The predicted molar refractivity (Wildman–Crippen MR) is 125 cm³/mol. The number of nitrogens with zero attached hydrogens (tertiary/aromatic N) is 4. The molecule has 3 aromatic heterocycles. The van der Waals surface area contributed by atoms with Gasteiger partial charge in [-0.3, -0.25) is 10.1 Å². The van der Waals surface area contributed by atoms with Gasteiger partial charge in [0.25, 0.3) is 0 Å². The zero-order valence-electron chi connectivity index (χ0n) is 16.9. The standard InChI is InChI=1S/C21H21N5OS3/c1-4-14(18(27)24-21-26-25-15(5-2)30-21)29-20-17-16(13-9-7-6-8-10-13)12(3)28-19(17)22-11-23-20/h6-11,14H,4-5H2,1-3H3,(H,24,26,27). The van der Waals surface area contributed by atoms with E-state index in [1.165, 1.54) is 28.0 Å². The topological polar surface area (TPSA) is 80.7 Å². The van der Waals surface area contributed by atoms with Crippen LogP contribution in [0.2, 0.25) is 0 Å². The number of hydrogen-bond acceptors (Lipinski definition) is 8. The van der Waals surface area contributed by atoms with Gasteiger partial charge in [-0.1, -0.05) is 67.3 Å². The number of carbonyl (C=O) groups excluding carboxylic acids is 1. The van der Waals surface area contributed by atoms with E-state index in [1.54, 1.807) is 17.7 Å². The molecule has 1 N–H and O–H groups in total. The number of hydrogen-bond donors (Lipinski definition) is 1. The number of anilines is 1. The van der Waals surface area contributed by atoms with Gasteiger partial charge in [-0.15, -0.1) is 21.5 Å². The van der Waals surface area contributed by atoms with E-state index in [0.717, 1.165) is 37.8 Å². The molecule has 154 valence electrons. The number of nitrogens with one attached hydrogen (secondary N) is 1. The Morgan fingerprint density at radius 3 is 2.63 bits per heavy atom. The van der Waals surface area contributed by atoms with Gasteiger partial charge in [-0.05, 0) is 25.3 Å². The molecule has 9 heteroatoms. The SMILES string of the molecule is CCc1nnc(NC(=O)C(CC)Sc2ncnc3sc(C)c(-c4ccccc4)c23)s1. The Kier molecular flexibility index (Phi) is 6.40. The first kappa shape index (κ1) is 20.9. The Morgan fingerprint density at radius 1 is 1.13 bits per heavy atom. The lowest BCUT2D eigenvalue weighted by molar-refractivity contribution is -0.115. The van der Waals surface area contributed by atoms with Gasteiger partial charge in [0.2, 0.25) is 11.0 Å². The van der Waals surface area contributed by atoms with Crippen LogP contribution in [0.1, 0.15) is 30.2 Å². The first-order valence-corrected chi connectivity index (χ1v) is 12.2. The summed E-state index contributed by atoms with van der Waals surface area (Å²) in [4.78, 5) is 24.1. The highest BCUT2D eigenvalue weighted by Gasteiger charge is 2.24. The van der Waals surface area contributed by atoms with E-state index in [-0.39, 0.29) is 11.2 Å². The second-order valence-corrected chi connectivity index (χ2v) is 10.1. The quantitative estimate of drug-likeness (QED) is 0.289. The summed E-state index contributed by atoms with van der Waals surface area (Å²) in [6.07, 6.45) is 3.06. The van der Waals surface area contributed by atoms with Gasteiger partial charge in [0.15, 0.2) is 0 Å². The Morgan fingerprint density at radius 2 is 1.93 bits per heavy atom. The summed E-state index contributed by atoms with van der Waals surface area (Å²) in [7, 11) is 0. The molecular weight excluding hydrogens is 434 g/mol. The molecule has 4 rings (SSSR count). The van der Waals surface area contributed by atoms with Crippen molar-refractivity contribution in [2.45, 2.75) is 43.9 Å². The van der Waals surface area contributed by atoms with Crippen LogP contribution in [0.25, 0.3) is 21.3 Å². The van der Waals surface area contributed by atoms with Crippen LogP contribution < -0.4 is 5.32 Å². The van der Waals surface area contributed by atoms with Crippen molar-refractivity contribution in [3.05, 3.63) is 46.5 Å². The number of rotatable bonds is 7.